The van der Waals surface area contributed by atoms with Crippen LogP contribution in [0.25, 0.3) is 27.2 Å². The summed E-state index contributed by atoms with van der Waals surface area (Å²) in [4.78, 5) is 0. The standard InChI is InChI=1S/C17H12N.C5H5.2ClH.Zr/c1-2-7-15-12-18(11-14(15)6-1)17-10-9-13-5-3-4-8-16(13)17;1-2-4-5-3-1;;;/h1-12H;1-3H,4H2;2*1H;/q2*-1;;;+4/p-2. The summed E-state index contributed by atoms with van der Waals surface area (Å²) >= 11 is 0. The molecule has 4 heteroatoms. The van der Waals surface area contributed by atoms with Crippen LogP contribution < -0.4 is 24.8 Å². The Labute approximate surface area is 185 Å². The summed E-state index contributed by atoms with van der Waals surface area (Å²) in [6, 6.07) is 21.3. The fraction of sp³-hybridized carbons (Fsp3) is 0.0455. The predicted molar refractivity (Wildman–Crippen MR) is 97.9 cm³/mol. The fourth-order valence-electron chi connectivity index (χ4n) is 2.92. The minimum absolute atomic E-state index is 0. The number of hydrogen-bond donors (Lipinski definition) is 0. The molecule has 0 aliphatic heterocycles. The largest absolute Gasteiger partial charge is 4.00 e. The molecule has 4 aromatic rings. The molecule has 3 aromatic carbocycles. The first-order chi connectivity index (χ1) is 11.4. The van der Waals surface area contributed by atoms with Gasteiger partial charge in [0.2, 0.25) is 0 Å². The van der Waals surface area contributed by atoms with Crippen molar-refractivity contribution in [2.75, 3.05) is 0 Å². The number of halogens is 2. The summed E-state index contributed by atoms with van der Waals surface area (Å²) in [5.41, 5.74) is 1.25. The summed E-state index contributed by atoms with van der Waals surface area (Å²) in [7, 11) is 0. The molecule has 0 unspecified atom stereocenters. The van der Waals surface area contributed by atoms with E-state index in [1.54, 1.807) is 0 Å². The van der Waals surface area contributed by atoms with Gasteiger partial charge in [-0.1, -0.05) is 59.3 Å². The van der Waals surface area contributed by atoms with Crippen molar-refractivity contribution in [2.24, 2.45) is 0 Å². The Balaban J connectivity index is 0.000000372. The van der Waals surface area contributed by atoms with E-state index in [4.69, 9.17) is 0 Å². The van der Waals surface area contributed by atoms with Crippen LogP contribution in [0.4, 0.5) is 0 Å². The molecule has 1 aromatic heterocycles. The minimum Gasteiger partial charge on any atom is -1.00 e. The van der Waals surface area contributed by atoms with Gasteiger partial charge in [0.1, 0.15) is 0 Å². The van der Waals surface area contributed by atoms with Crippen LogP contribution in [0.5, 0.6) is 0 Å². The quantitative estimate of drug-likeness (QED) is 0.350. The second kappa shape index (κ2) is 10.6. The van der Waals surface area contributed by atoms with E-state index in [0.29, 0.717) is 0 Å². The Morgan fingerprint density at radius 2 is 1.42 bits per heavy atom. The van der Waals surface area contributed by atoms with Crippen molar-refractivity contribution in [3.8, 4) is 5.69 Å². The Morgan fingerprint density at radius 1 is 0.808 bits per heavy atom. The number of hydrogen-bond acceptors (Lipinski definition) is 0. The maximum Gasteiger partial charge on any atom is 4.00 e. The SMILES string of the molecule is [C-]1=CC=CC1.[Cl-].[Cl-].[Zr+4].c1ccc2cn(-[c-]3ccc4ccccc43)cc2c1. The van der Waals surface area contributed by atoms with Gasteiger partial charge in [-0.05, 0) is 28.9 Å². The van der Waals surface area contributed by atoms with Crippen LogP contribution in [0.1, 0.15) is 6.42 Å². The van der Waals surface area contributed by atoms with Gasteiger partial charge in [-0.3, -0.25) is 6.08 Å². The molecular formula is C22H17Cl2NZr. The first-order valence-corrected chi connectivity index (χ1v) is 7.85. The number of benzene rings is 2. The molecule has 0 fully saturated rings. The third-order valence-electron chi connectivity index (χ3n) is 4.07. The van der Waals surface area contributed by atoms with E-state index in [-0.39, 0.29) is 51.0 Å². The molecule has 0 saturated carbocycles. The third kappa shape index (κ3) is 4.83. The van der Waals surface area contributed by atoms with E-state index in [9.17, 15) is 0 Å². The molecule has 1 nitrogen and oxygen atoms in total. The first kappa shape index (κ1) is 22.6. The number of aromatic nitrogens is 1. The smallest absolute Gasteiger partial charge is 1.00 e. The minimum atomic E-state index is 0. The molecule has 0 atom stereocenters. The zero-order chi connectivity index (χ0) is 15.5. The molecule has 0 saturated heterocycles. The summed E-state index contributed by atoms with van der Waals surface area (Å²) in [6.45, 7) is 0. The van der Waals surface area contributed by atoms with E-state index < -0.39 is 0 Å². The average molecular weight is 458 g/mol. The van der Waals surface area contributed by atoms with Gasteiger partial charge in [-0.25, -0.2) is 12.2 Å². The molecule has 1 aliphatic rings. The molecule has 5 rings (SSSR count). The molecule has 0 N–H and O–H groups in total. The molecule has 0 bridgehead atoms. The second-order valence-electron chi connectivity index (χ2n) is 5.60. The van der Waals surface area contributed by atoms with Crippen LogP contribution in [0, 0.1) is 6.08 Å². The number of rotatable bonds is 1. The van der Waals surface area contributed by atoms with Crippen molar-refractivity contribution >= 4 is 21.5 Å². The van der Waals surface area contributed by atoms with Crippen molar-refractivity contribution < 1.29 is 51.0 Å². The van der Waals surface area contributed by atoms with Gasteiger partial charge in [-0.2, -0.15) is 6.08 Å². The van der Waals surface area contributed by atoms with Crippen LogP contribution in [0.2, 0.25) is 0 Å². The zero-order valence-corrected chi connectivity index (χ0v) is 18.0. The van der Waals surface area contributed by atoms with E-state index in [1.165, 1.54) is 27.2 Å². The van der Waals surface area contributed by atoms with E-state index >= 15 is 0 Å². The van der Waals surface area contributed by atoms with Crippen LogP contribution >= 0.6 is 0 Å². The number of fused-ring (bicyclic) bond motifs is 2. The van der Waals surface area contributed by atoms with Crippen LogP contribution in [-0.2, 0) is 26.2 Å². The van der Waals surface area contributed by atoms with Crippen LogP contribution in [0.15, 0.2) is 91.3 Å². The van der Waals surface area contributed by atoms with Crippen molar-refractivity contribution in [1.82, 2.24) is 4.57 Å². The van der Waals surface area contributed by atoms with Gasteiger partial charge in [0.25, 0.3) is 0 Å². The van der Waals surface area contributed by atoms with E-state index in [2.05, 4.69) is 89.8 Å². The molecular weight excluding hydrogens is 440 g/mol. The molecule has 1 aliphatic carbocycles. The van der Waals surface area contributed by atoms with Crippen molar-refractivity contribution in [3.05, 3.63) is 97.4 Å². The van der Waals surface area contributed by atoms with Gasteiger partial charge in [-0.15, -0.1) is 18.6 Å². The van der Waals surface area contributed by atoms with Gasteiger partial charge < -0.3 is 29.4 Å². The van der Waals surface area contributed by atoms with Crippen molar-refractivity contribution in [3.63, 3.8) is 0 Å². The number of allylic oxidation sites excluding steroid dienone is 4. The van der Waals surface area contributed by atoms with Crippen molar-refractivity contribution in [2.45, 2.75) is 6.42 Å². The van der Waals surface area contributed by atoms with Gasteiger partial charge in [0.15, 0.2) is 0 Å². The summed E-state index contributed by atoms with van der Waals surface area (Å²) in [6.07, 6.45) is 14.4. The normalized spacial score (nSPS) is 11.2. The Hall–Kier alpha value is -1.47. The Kier molecular flexibility index (Phi) is 9.23. The molecule has 128 valence electrons. The first-order valence-electron chi connectivity index (χ1n) is 7.85. The van der Waals surface area contributed by atoms with Crippen molar-refractivity contribution in [1.29, 1.82) is 0 Å². The second-order valence-corrected chi connectivity index (χ2v) is 5.60. The molecule has 1 heterocycles. The van der Waals surface area contributed by atoms with E-state index in [1.807, 2.05) is 12.2 Å². The van der Waals surface area contributed by atoms with Crippen LogP contribution in [-0.4, -0.2) is 4.57 Å². The van der Waals surface area contributed by atoms with E-state index in [0.717, 1.165) is 6.42 Å². The zero-order valence-electron chi connectivity index (χ0n) is 14.1. The van der Waals surface area contributed by atoms with Gasteiger partial charge >= 0.3 is 26.2 Å². The monoisotopic (exact) mass is 455 g/mol. The van der Waals surface area contributed by atoms with Gasteiger partial charge in [0.05, 0.1) is 0 Å². The predicted octanol–water partition coefficient (Wildman–Crippen LogP) is -0.186. The number of nitrogens with zero attached hydrogens (tertiary/aromatic N) is 1. The van der Waals surface area contributed by atoms with Crippen LogP contribution in [0.3, 0.4) is 0 Å². The average Bonchev–Trinajstić information content (AvgIpc) is 3.34. The topological polar surface area (TPSA) is 4.93 Å². The summed E-state index contributed by atoms with van der Waals surface area (Å²) in [5, 5.41) is 5.16. The van der Waals surface area contributed by atoms with Gasteiger partial charge in [0, 0.05) is 0 Å². The Morgan fingerprint density at radius 3 is 1.96 bits per heavy atom. The molecule has 26 heavy (non-hydrogen) atoms. The maximum atomic E-state index is 2.99. The molecule has 0 amide bonds. The Bertz CT molecular complexity index is 968. The fourth-order valence-corrected chi connectivity index (χ4v) is 2.92. The summed E-state index contributed by atoms with van der Waals surface area (Å²) < 4.78 is 2.22. The third-order valence-corrected chi connectivity index (χ3v) is 4.07. The molecule has 0 spiro atoms. The molecule has 0 radical (unpaired) electrons. The summed E-state index contributed by atoms with van der Waals surface area (Å²) in [5.74, 6) is 0. The maximum absolute atomic E-state index is 2.99.